The van der Waals surface area contributed by atoms with Crippen molar-refractivity contribution in [1.29, 1.82) is 0 Å². The van der Waals surface area contributed by atoms with Crippen molar-refractivity contribution >= 4 is 38.7 Å². The molecule has 9 nitrogen and oxygen atoms in total. The van der Waals surface area contributed by atoms with Gasteiger partial charge in [0.25, 0.3) is 5.91 Å². The number of benzene rings is 1. The Morgan fingerprint density at radius 1 is 1.09 bits per heavy atom. The van der Waals surface area contributed by atoms with Gasteiger partial charge in [0.15, 0.2) is 5.69 Å². The van der Waals surface area contributed by atoms with Gasteiger partial charge in [0.05, 0.1) is 37.5 Å². The third-order valence-corrected chi connectivity index (χ3v) is 6.19. The van der Waals surface area contributed by atoms with Crippen molar-refractivity contribution in [3.8, 4) is 0 Å². The standard InChI is InChI=1S/C23H21ClN4O5S/c1-15-7-8-16(11-19(15)24)26-22(29)21-20(12-25-23(27-21)34(2,30)31)28(13-17-5-3-9-32-17)14-18-6-4-10-33-18/h3-12H,13-14H2,1-2H3,(H,26,29). The van der Waals surface area contributed by atoms with Gasteiger partial charge in [0, 0.05) is 17.0 Å². The Kier molecular flexibility index (Phi) is 6.71. The van der Waals surface area contributed by atoms with E-state index in [-0.39, 0.29) is 18.8 Å². The monoisotopic (exact) mass is 500 g/mol. The van der Waals surface area contributed by atoms with Gasteiger partial charge in [-0.25, -0.2) is 18.4 Å². The molecule has 1 aromatic carbocycles. The summed E-state index contributed by atoms with van der Waals surface area (Å²) in [5.74, 6) is 0.622. The number of nitrogens with zero attached hydrogens (tertiary/aromatic N) is 3. The van der Waals surface area contributed by atoms with Crippen LogP contribution in [0.15, 0.2) is 75.2 Å². The normalized spacial score (nSPS) is 11.4. The van der Waals surface area contributed by atoms with E-state index < -0.39 is 20.9 Å². The molecule has 4 rings (SSSR count). The molecule has 0 unspecified atom stereocenters. The van der Waals surface area contributed by atoms with Gasteiger partial charge in [-0.2, -0.15) is 0 Å². The Morgan fingerprint density at radius 3 is 2.26 bits per heavy atom. The zero-order valence-electron chi connectivity index (χ0n) is 18.4. The van der Waals surface area contributed by atoms with Gasteiger partial charge in [-0.3, -0.25) is 4.79 Å². The van der Waals surface area contributed by atoms with Crippen LogP contribution in [0.1, 0.15) is 27.6 Å². The summed E-state index contributed by atoms with van der Waals surface area (Å²) in [6, 6.07) is 12.1. The summed E-state index contributed by atoms with van der Waals surface area (Å²) in [7, 11) is -3.77. The fourth-order valence-electron chi connectivity index (χ4n) is 3.20. The number of carbonyl (C=O) groups is 1. The zero-order chi connectivity index (χ0) is 24.3. The molecule has 34 heavy (non-hydrogen) atoms. The second-order valence-corrected chi connectivity index (χ2v) is 9.91. The number of amides is 1. The molecule has 1 amide bonds. The van der Waals surface area contributed by atoms with Crippen LogP contribution in [0.2, 0.25) is 5.02 Å². The maximum absolute atomic E-state index is 13.3. The van der Waals surface area contributed by atoms with Crippen LogP contribution in [0.25, 0.3) is 0 Å². The Balaban J connectivity index is 1.77. The van der Waals surface area contributed by atoms with Gasteiger partial charge < -0.3 is 19.1 Å². The second-order valence-electron chi connectivity index (χ2n) is 7.59. The number of hydrogen-bond donors (Lipinski definition) is 1. The maximum Gasteiger partial charge on any atom is 0.276 e. The van der Waals surface area contributed by atoms with Crippen LogP contribution in [-0.4, -0.2) is 30.5 Å². The minimum absolute atomic E-state index is 0.120. The summed E-state index contributed by atoms with van der Waals surface area (Å²) in [5.41, 5.74) is 1.47. The third-order valence-electron chi connectivity index (χ3n) is 4.92. The fourth-order valence-corrected chi connectivity index (χ4v) is 3.89. The Hall–Kier alpha value is -3.63. The number of rotatable bonds is 8. The highest BCUT2D eigenvalue weighted by atomic mass is 35.5. The largest absolute Gasteiger partial charge is 0.467 e. The van der Waals surface area contributed by atoms with E-state index in [4.69, 9.17) is 20.4 Å². The number of sulfone groups is 1. The van der Waals surface area contributed by atoms with E-state index in [2.05, 4.69) is 15.3 Å². The number of aromatic nitrogens is 2. The molecule has 3 aromatic heterocycles. The number of aryl methyl sites for hydroxylation is 1. The second kappa shape index (κ2) is 9.70. The minimum atomic E-state index is -3.77. The number of nitrogens with one attached hydrogen (secondary N) is 1. The van der Waals surface area contributed by atoms with Crippen molar-refractivity contribution in [1.82, 2.24) is 9.97 Å². The van der Waals surface area contributed by atoms with E-state index in [1.54, 1.807) is 59.9 Å². The van der Waals surface area contributed by atoms with Crippen molar-refractivity contribution in [3.05, 3.63) is 89.0 Å². The summed E-state index contributed by atoms with van der Waals surface area (Å²) >= 11 is 6.18. The van der Waals surface area contributed by atoms with Crippen molar-refractivity contribution < 1.29 is 22.0 Å². The molecule has 1 N–H and O–H groups in total. The van der Waals surface area contributed by atoms with Gasteiger partial charge in [0.2, 0.25) is 15.0 Å². The van der Waals surface area contributed by atoms with Crippen LogP contribution in [-0.2, 0) is 22.9 Å². The van der Waals surface area contributed by atoms with Crippen LogP contribution in [0.5, 0.6) is 0 Å². The first-order valence-electron chi connectivity index (χ1n) is 10.1. The topological polar surface area (TPSA) is 119 Å². The highest BCUT2D eigenvalue weighted by Gasteiger charge is 2.25. The number of furan rings is 2. The minimum Gasteiger partial charge on any atom is -0.467 e. The number of carbonyl (C=O) groups excluding carboxylic acids is 1. The SMILES string of the molecule is Cc1ccc(NC(=O)c2nc(S(C)(=O)=O)ncc2N(Cc2ccco2)Cc2ccco2)cc1Cl. The summed E-state index contributed by atoms with van der Waals surface area (Å²) in [6.07, 6.45) is 5.37. The van der Waals surface area contributed by atoms with E-state index in [1.807, 2.05) is 6.92 Å². The van der Waals surface area contributed by atoms with Crippen LogP contribution in [0.3, 0.4) is 0 Å². The van der Waals surface area contributed by atoms with E-state index in [0.717, 1.165) is 11.8 Å². The van der Waals surface area contributed by atoms with Gasteiger partial charge in [-0.15, -0.1) is 0 Å². The fraction of sp³-hybridized carbons (Fsp3) is 0.174. The first-order chi connectivity index (χ1) is 16.2. The molecule has 3 heterocycles. The van der Waals surface area contributed by atoms with E-state index >= 15 is 0 Å². The van der Waals surface area contributed by atoms with Gasteiger partial charge in [0.1, 0.15) is 11.5 Å². The predicted molar refractivity (Wildman–Crippen MR) is 127 cm³/mol. The molecular weight excluding hydrogens is 480 g/mol. The Labute approximate surface area is 201 Å². The lowest BCUT2D eigenvalue weighted by Crippen LogP contribution is -2.27. The smallest absolute Gasteiger partial charge is 0.276 e. The van der Waals surface area contributed by atoms with E-state index in [9.17, 15) is 13.2 Å². The van der Waals surface area contributed by atoms with Crippen LogP contribution >= 0.6 is 11.6 Å². The maximum atomic E-state index is 13.3. The molecule has 11 heteroatoms. The van der Waals surface area contributed by atoms with Crippen LogP contribution in [0, 0.1) is 6.92 Å². The van der Waals surface area contributed by atoms with Crippen molar-refractivity contribution in [2.45, 2.75) is 25.2 Å². The molecule has 0 atom stereocenters. The summed E-state index contributed by atoms with van der Waals surface area (Å²) < 4.78 is 35.2. The molecule has 0 aliphatic carbocycles. The molecule has 4 aromatic rings. The van der Waals surface area contributed by atoms with Crippen LogP contribution in [0.4, 0.5) is 11.4 Å². The van der Waals surface area contributed by atoms with E-state index in [0.29, 0.717) is 27.9 Å². The van der Waals surface area contributed by atoms with Crippen LogP contribution < -0.4 is 10.2 Å². The van der Waals surface area contributed by atoms with Crippen molar-refractivity contribution in [2.75, 3.05) is 16.5 Å². The molecule has 0 saturated carbocycles. The first kappa shape index (κ1) is 23.5. The lowest BCUT2D eigenvalue weighted by atomic mass is 10.2. The van der Waals surface area contributed by atoms with Crippen molar-refractivity contribution in [2.24, 2.45) is 0 Å². The molecular formula is C23H21ClN4O5S. The summed E-state index contributed by atoms with van der Waals surface area (Å²) in [4.78, 5) is 23.2. The summed E-state index contributed by atoms with van der Waals surface area (Å²) in [6.45, 7) is 2.35. The molecule has 0 saturated heterocycles. The molecule has 0 fully saturated rings. The third kappa shape index (κ3) is 5.46. The molecule has 0 spiro atoms. The Bertz CT molecular complexity index is 1370. The van der Waals surface area contributed by atoms with Gasteiger partial charge in [-0.05, 0) is 48.9 Å². The highest BCUT2D eigenvalue weighted by Crippen LogP contribution is 2.26. The quantitative estimate of drug-likeness (QED) is 0.351. The average Bonchev–Trinajstić information content (AvgIpc) is 3.49. The predicted octanol–water partition coefficient (Wildman–Crippen LogP) is 4.49. The average molecular weight is 501 g/mol. The highest BCUT2D eigenvalue weighted by molar-refractivity contribution is 7.90. The number of halogens is 1. The molecule has 0 bridgehead atoms. The Morgan fingerprint density at radius 2 is 1.74 bits per heavy atom. The molecule has 176 valence electrons. The molecule has 0 aliphatic heterocycles. The molecule has 0 aliphatic rings. The number of anilines is 2. The summed E-state index contributed by atoms with van der Waals surface area (Å²) in [5, 5.41) is 2.76. The van der Waals surface area contributed by atoms with Gasteiger partial charge >= 0.3 is 0 Å². The van der Waals surface area contributed by atoms with Crippen molar-refractivity contribution in [3.63, 3.8) is 0 Å². The lowest BCUT2D eigenvalue weighted by Gasteiger charge is -2.24. The zero-order valence-corrected chi connectivity index (χ0v) is 19.9. The lowest BCUT2D eigenvalue weighted by molar-refractivity contribution is 0.102. The van der Waals surface area contributed by atoms with E-state index in [1.165, 1.54) is 6.20 Å². The van der Waals surface area contributed by atoms with Gasteiger partial charge in [-0.1, -0.05) is 17.7 Å². The number of hydrogen-bond acceptors (Lipinski definition) is 8. The first-order valence-corrected chi connectivity index (χ1v) is 12.4. The molecule has 0 radical (unpaired) electrons.